The van der Waals surface area contributed by atoms with Gasteiger partial charge in [-0.3, -0.25) is 0 Å². The minimum atomic E-state index is -0.382. The van der Waals surface area contributed by atoms with Crippen molar-refractivity contribution in [2.75, 3.05) is 0 Å². The molecule has 1 atom stereocenters. The highest BCUT2D eigenvalue weighted by Gasteiger charge is 2.15. The molecule has 0 saturated heterocycles. The lowest BCUT2D eigenvalue weighted by molar-refractivity contribution is 0.502. The number of aryl methyl sites for hydroxylation is 1. The molecule has 0 aliphatic rings. The number of hydrogen-bond acceptors (Lipinski definition) is 2. The van der Waals surface area contributed by atoms with Crippen molar-refractivity contribution in [3.8, 4) is 0 Å². The van der Waals surface area contributed by atoms with E-state index in [1.807, 2.05) is 24.3 Å². The summed E-state index contributed by atoms with van der Waals surface area (Å²) in [6.07, 6.45) is 2.18. The van der Waals surface area contributed by atoms with Crippen molar-refractivity contribution in [3.63, 3.8) is 0 Å². The molecule has 3 rings (SSSR count). The zero-order valence-electron chi connectivity index (χ0n) is 12.0. The van der Waals surface area contributed by atoms with E-state index in [-0.39, 0.29) is 17.4 Å². The van der Waals surface area contributed by atoms with Crippen molar-refractivity contribution in [1.82, 2.24) is 0 Å². The molecular weight excluding hydrogens is 265 g/mol. The summed E-state index contributed by atoms with van der Waals surface area (Å²) >= 11 is 0. The van der Waals surface area contributed by atoms with Crippen LogP contribution in [-0.2, 0) is 6.42 Å². The third-order valence-electron chi connectivity index (χ3n) is 3.70. The van der Waals surface area contributed by atoms with Gasteiger partial charge in [0.2, 0.25) is 0 Å². The van der Waals surface area contributed by atoms with Gasteiger partial charge in [-0.05, 0) is 29.7 Å². The van der Waals surface area contributed by atoms with E-state index in [0.29, 0.717) is 5.76 Å². The van der Waals surface area contributed by atoms with Crippen LogP contribution in [0.3, 0.4) is 0 Å². The van der Waals surface area contributed by atoms with Crippen molar-refractivity contribution in [2.24, 2.45) is 5.73 Å². The summed E-state index contributed by atoms with van der Waals surface area (Å²) in [7, 11) is 0. The van der Waals surface area contributed by atoms with E-state index in [4.69, 9.17) is 10.2 Å². The van der Waals surface area contributed by atoms with Gasteiger partial charge >= 0.3 is 0 Å². The maximum atomic E-state index is 13.7. The smallest absolute Gasteiger partial charge is 0.169 e. The highest BCUT2D eigenvalue weighted by Crippen LogP contribution is 2.28. The van der Waals surface area contributed by atoms with Crippen molar-refractivity contribution < 1.29 is 8.81 Å². The van der Waals surface area contributed by atoms with Gasteiger partial charge in [0, 0.05) is 5.39 Å². The molecule has 1 unspecified atom stereocenters. The zero-order chi connectivity index (χ0) is 14.8. The summed E-state index contributed by atoms with van der Waals surface area (Å²) in [6.45, 7) is 2.16. The molecule has 1 heterocycles. The van der Waals surface area contributed by atoms with Crippen LogP contribution in [0.25, 0.3) is 11.0 Å². The lowest BCUT2D eigenvalue weighted by atomic mass is 10.0. The van der Waals surface area contributed by atoms with Gasteiger partial charge in [-0.15, -0.1) is 0 Å². The molecule has 2 nitrogen and oxygen atoms in total. The normalized spacial score (nSPS) is 12.7. The molecule has 0 fully saturated rings. The van der Waals surface area contributed by atoms with Gasteiger partial charge in [-0.2, -0.15) is 0 Å². The first kappa shape index (κ1) is 13.8. The van der Waals surface area contributed by atoms with Gasteiger partial charge in [0.05, 0.1) is 6.04 Å². The monoisotopic (exact) mass is 283 g/mol. The van der Waals surface area contributed by atoms with E-state index in [0.717, 1.165) is 23.8 Å². The summed E-state index contributed by atoms with van der Waals surface area (Å²) in [5, 5.41) is 0.739. The molecule has 0 saturated carbocycles. The number of fused-ring (bicyclic) bond motifs is 1. The van der Waals surface area contributed by atoms with Crippen LogP contribution in [-0.4, -0.2) is 0 Å². The zero-order valence-corrected chi connectivity index (χ0v) is 12.0. The standard InChI is InChI=1S/C18H18FNO/c1-2-4-12-7-9-13(10-8-12)17(20)16-11-14-5-3-6-15(19)18(14)21-16/h3,5-11,17H,2,4,20H2,1H3. The minimum Gasteiger partial charge on any atom is -0.456 e. The van der Waals surface area contributed by atoms with Gasteiger partial charge < -0.3 is 10.2 Å². The number of benzene rings is 2. The molecule has 0 aliphatic heterocycles. The molecule has 3 aromatic rings. The van der Waals surface area contributed by atoms with Crippen LogP contribution >= 0.6 is 0 Å². The Balaban J connectivity index is 1.92. The molecule has 0 spiro atoms. The Morgan fingerprint density at radius 1 is 1.14 bits per heavy atom. The van der Waals surface area contributed by atoms with Crippen molar-refractivity contribution in [2.45, 2.75) is 25.8 Å². The van der Waals surface area contributed by atoms with Crippen LogP contribution in [0.15, 0.2) is 52.9 Å². The fourth-order valence-electron chi connectivity index (χ4n) is 2.55. The van der Waals surface area contributed by atoms with Crippen LogP contribution < -0.4 is 5.73 Å². The van der Waals surface area contributed by atoms with E-state index in [9.17, 15) is 4.39 Å². The Bertz CT molecular complexity index is 746. The second-order valence-electron chi connectivity index (χ2n) is 5.28. The molecule has 3 heteroatoms. The second-order valence-corrected chi connectivity index (χ2v) is 5.28. The Morgan fingerprint density at radius 3 is 2.57 bits per heavy atom. The van der Waals surface area contributed by atoms with Crippen LogP contribution in [0.1, 0.15) is 36.3 Å². The summed E-state index contributed by atoms with van der Waals surface area (Å²) < 4.78 is 19.3. The third kappa shape index (κ3) is 2.69. The molecule has 0 bridgehead atoms. The van der Waals surface area contributed by atoms with Crippen molar-refractivity contribution >= 4 is 11.0 Å². The Kier molecular flexibility index (Phi) is 3.76. The van der Waals surface area contributed by atoms with E-state index in [2.05, 4.69) is 19.1 Å². The highest BCUT2D eigenvalue weighted by atomic mass is 19.1. The number of nitrogens with two attached hydrogens (primary N) is 1. The first-order valence-corrected chi connectivity index (χ1v) is 7.21. The molecule has 108 valence electrons. The number of halogens is 1. The summed E-state index contributed by atoms with van der Waals surface area (Å²) in [6, 6.07) is 14.5. The fourth-order valence-corrected chi connectivity index (χ4v) is 2.55. The SMILES string of the molecule is CCCc1ccc(C(N)c2cc3cccc(F)c3o2)cc1. The first-order valence-electron chi connectivity index (χ1n) is 7.21. The van der Waals surface area contributed by atoms with Crippen LogP contribution in [0, 0.1) is 5.82 Å². The number of rotatable bonds is 4. The van der Waals surface area contributed by atoms with E-state index in [1.54, 1.807) is 6.07 Å². The average molecular weight is 283 g/mol. The largest absolute Gasteiger partial charge is 0.456 e. The van der Waals surface area contributed by atoms with Crippen LogP contribution in [0.5, 0.6) is 0 Å². The van der Waals surface area contributed by atoms with E-state index >= 15 is 0 Å². The lowest BCUT2D eigenvalue weighted by Crippen LogP contribution is -2.10. The number of hydrogen-bond donors (Lipinski definition) is 1. The van der Waals surface area contributed by atoms with E-state index < -0.39 is 0 Å². The number of para-hydroxylation sites is 1. The Hall–Kier alpha value is -2.13. The first-order chi connectivity index (χ1) is 10.2. The van der Waals surface area contributed by atoms with Gasteiger partial charge in [-0.1, -0.05) is 49.7 Å². The molecule has 1 aromatic heterocycles. The maximum Gasteiger partial charge on any atom is 0.169 e. The predicted molar refractivity (Wildman–Crippen MR) is 82.6 cm³/mol. The second kappa shape index (κ2) is 5.70. The molecule has 2 aromatic carbocycles. The maximum absolute atomic E-state index is 13.7. The molecule has 0 radical (unpaired) electrons. The van der Waals surface area contributed by atoms with Gasteiger partial charge in [0.15, 0.2) is 11.4 Å². The molecule has 0 amide bonds. The molecular formula is C18H18FNO. The van der Waals surface area contributed by atoms with Crippen LogP contribution in [0.4, 0.5) is 4.39 Å². The van der Waals surface area contributed by atoms with Gasteiger partial charge in [0.25, 0.3) is 0 Å². The quantitative estimate of drug-likeness (QED) is 0.761. The van der Waals surface area contributed by atoms with E-state index in [1.165, 1.54) is 11.6 Å². The molecule has 0 aliphatic carbocycles. The Morgan fingerprint density at radius 2 is 1.90 bits per heavy atom. The van der Waals surface area contributed by atoms with Gasteiger partial charge in [0.1, 0.15) is 5.76 Å². The topological polar surface area (TPSA) is 39.2 Å². The molecule has 2 N–H and O–H groups in total. The molecule has 21 heavy (non-hydrogen) atoms. The summed E-state index contributed by atoms with van der Waals surface area (Å²) in [4.78, 5) is 0. The van der Waals surface area contributed by atoms with Crippen molar-refractivity contribution in [3.05, 3.63) is 71.2 Å². The minimum absolute atomic E-state index is 0.269. The predicted octanol–water partition coefficient (Wildman–Crippen LogP) is 4.57. The number of furan rings is 1. The van der Waals surface area contributed by atoms with Crippen LogP contribution in [0.2, 0.25) is 0 Å². The Labute approximate surface area is 123 Å². The lowest BCUT2D eigenvalue weighted by Gasteiger charge is -2.09. The summed E-state index contributed by atoms with van der Waals surface area (Å²) in [5.74, 6) is 0.225. The average Bonchev–Trinajstić information content (AvgIpc) is 2.93. The summed E-state index contributed by atoms with van der Waals surface area (Å²) in [5.41, 5.74) is 8.77. The van der Waals surface area contributed by atoms with Gasteiger partial charge in [-0.25, -0.2) is 4.39 Å². The third-order valence-corrected chi connectivity index (χ3v) is 3.70. The fraction of sp³-hybridized carbons (Fsp3) is 0.222. The van der Waals surface area contributed by atoms with Crippen molar-refractivity contribution in [1.29, 1.82) is 0 Å². The highest BCUT2D eigenvalue weighted by molar-refractivity contribution is 5.78.